The maximum Gasteiger partial charge on any atom is 0.223 e. The Morgan fingerprint density at radius 1 is 1.20 bits per heavy atom. The summed E-state index contributed by atoms with van der Waals surface area (Å²) in [5.74, 6) is 1.08. The Balaban J connectivity index is 2.66. The molecule has 0 bridgehead atoms. The van der Waals surface area contributed by atoms with Crippen LogP contribution in [0.25, 0.3) is 0 Å². The van der Waals surface area contributed by atoms with Crippen LogP contribution in [0.2, 0.25) is 0 Å². The first-order valence-corrected chi connectivity index (χ1v) is 7.73. The lowest BCUT2D eigenvalue weighted by atomic mass is 9.92. The minimum absolute atomic E-state index is 0.213. The van der Waals surface area contributed by atoms with Crippen LogP contribution in [0, 0.1) is 11.8 Å². The van der Waals surface area contributed by atoms with Crippen molar-refractivity contribution in [3.63, 3.8) is 0 Å². The number of nitrogens with two attached hydrogens (primary N) is 1. The van der Waals surface area contributed by atoms with Gasteiger partial charge in [0, 0.05) is 19.5 Å². The fourth-order valence-corrected chi connectivity index (χ4v) is 3.27. The van der Waals surface area contributed by atoms with E-state index in [1.54, 1.807) is 0 Å². The number of carbonyl (C=O) groups is 1. The third-order valence-corrected chi connectivity index (χ3v) is 3.65. The van der Waals surface area contributed by atoms with Crippen LogP contribution in [-0.4, -0.2) is 41.6 Å². The molecule has 0 aromatic rings. The van der Waals surface area contributed by atoms with Gasteiger partial charge in [-0.1, -0.05) is 13.8 Å². The van der Waals surface area contributed by atoms with Crippen LogP contribution in [0.3, 0.4) is 0 Å². The second-order valence-corrected chi connectivity index (χ2v) is 7.81. The summed E-state index contributed by atoms with van der Waals surface area (Å²) in [6, 6.07) is 0. The Kier molecular flexibility index (Phi) is 5.61. The Bertz CT molecular complexity index is 321. The van der Waals surface area contributed by atoms with Crippen LogP contribution in [0.5, 0.6) is 0 Å². The molecule has 0 spiro atoms. The molecular formula is C16H32N2O2. The molecule has 0 aliphatic carbocycles. The molecule has 0 aromatic carbocycles. The molecule has 1 unspecified atom stereocenters. The third-order valence-electron chi connectivity index (χ3n) is 3.65. The highest BCUT2D eigenvalue weighted by atomic mass is 16.5. The van der Waals surface area contributed by atoms with Crippen molar-refractivity contribution in [2.24, 2.45) is 17.6 Å². The molecule has 1 aliphatic heterocycles. The van der Waals surface area contributed by atoms with Gasteiger partial charge in [0.2, 0.25) is 5.91 Å². The smallest absolute Gasteiger partial charge is 0.223 e. The van der Waals surface area contributed by atoms with E-state index in [0.717, 1.165) is 6.42 Å². The van der Waals surface area contributed by atoms with Gasteiger partial charge in [-0.15, -0.1) is 0 Å². The van der Waals surface area contributed by atoms with Crippen molar-refractivity contribution >= 4 is 5.91 Å². The molecule has 0 saturated carbocycles. The molecule has 1 rings (SSSR count). The predicted molar refractivity (Wildman–Crippen MR) is 82.4 cm³/mol. The standard InChI is InChI=1S/C16H32N2O2/c1-12(2)7-13(9-17)8-14(19)18-10-15(3,4)20-16(5,6)11-18/h12-13H,7-11,17H2,1-6H3. The average Bonchev–Trinajstić information content (AvgIpc) is 2.22. The molecular weight excluding hydrogens is 252 g/mol. The molecule has 0 aromatic heterocycles. The van der Waals surface area contributed by atoms with Crippen molar-refractivity contribution < 1.29 is 9.53 Å². The minimum atomic E-state index is -0.284. The zero-order valence-corrected chi connectivity index (χ0v) is 14.0. The zero-order chi connectivity index (χ0) is 15.6. The number of carbonyl (C=O) groups excluding carboxylic acids is 1. The lowest BCUT2D eigenvalue weighted by Gasteiger charge is -2.47. The lowest BCUT2D eigenvalue weighted by molar-refractivity contribution is -0.188. The van der Waals surface area contributed by atoms with Gasteiger partial charge in [-0.2, -0.15) is 0 Å². The van der Waals surface area contributed by atoms with Crippen molar-refractivity contribution in [3.8, 4) is 0 Å². The highest BCUT2D eigenvalue weighted by Crippen LogP contribution is 2.29. The molecule has 1 fully saturated rings. The number of morpholine rings is 1. The van der Waals surface area contributed by atoms with E-state index in [1.165, 1.54) is 0 Å². The Hall–Kier alpha value is -0.610. The molecule has 4 heteroatoms. The molecule has 1 atom stereocenters. The molecule has 20 heavy (non-hydrogen) atoms. The van der Waals surface area contributed by atoms with Gasteiger partial charge in [-0.05, 0) is 52.5 Å². The Morgan fingerprint density at radius 3 is 2.10 bits per heavy atom. The van der Waals surface area contributed by atoms with Crippen molar-refractivity contribution in [1.29, 1.82) is 0 Å². The first-order chi connectivity index (χ1) is 9.04. The highest BCUT2D eigenvalue weighted by Gasteiger charge is 2.40. The summed E-state index contributed by atoms with van der Waals surface area (Å²) in [6.45, 7) is 14.4. The fraction of sp³-hybridized carbons (Fsp3) is 0.938. The summed E-state index contributed by atoms with van der Waals surface area (Å²) < 4.78 is 6.02. The van der Waals surface area contributed by atoms with Crippen LogP contribution in [-0.2, 0) is 9.53 Å². The number of nitrogens with zero attached hydrogens (tertiary/aromatic N) is 1. The van der Waals surface area contributed by atoms with E-state index in [9.17, 15) is 4.79 Å². The number of ether oxygens (including phenoxy) is 1. The normalized spacial score (nSPS) is 22.9. The summed E-state index contributed by atoms with van der Waals surface area (Å²) in [4.78, 5) is 14.5. The fourth-order valence-electron chi connectivity index (χ4n) is 3.27. The molecule has 0 radical (unpaired) electrons. The third kappa shape index (κ3) is 5.41. The molecule has 1 heterocycles. The lowest BCUT2D eigenvalue weighted by Crippen LogP contribution is -2.58. The maximum atomic E-state index is 12.5. The highest BCUT2D eigenvalue weighted by molar-refractivity contribution is 5.76. The maximum absolute atomic E-state index is 12.5. The van der Waals surface area contributed by atoms with E-state index in [1.807, 2.05) is 32.6 Å². The van der Waals surface area contributed by atoms with Gasteiger partial charge in [0.15, 0.2) is 0 Å². The largest absolute Gasteiger partial charge is 0.366 e. The van der Waals surface area contributed by atoms with E-state index in [0.29, 0.717) is 32.0 Å². The van der Waals surface area contributed by atoms with Crippen LogP contribution >= 0.6 is 0 Å². The first kappa shape index (κ1) is 17.4. The number of hydrogen-bond acceptors (Lipinski definition) is 3. The summed E-state index contributed by atoms with van der Waals surface area (Å²) in [6.07, 6.45) is 1.57. The first-order valence-electron chi connectivity index (χ1n) is 7.73. The second-order valence-electron chi connectivity index (χ2n) is 7.81. The zero-order valence-electron chi connectivity index (χ0n) is 14.0. The number of amides is 1. The van der Waals surface area contributed by atoms with Crippen LogP contribution in [0.15, 0.2) is 0 Å². The second kappa shape index (κ2) is 6.44. The van der Waals surface area contributed by atoms with Crippen molar-refractivity contribution in [3.05, 3.63) is 0 Å². The minimum Gasteiger partial charge on any atom is -0.366 e. The summed E-state index contributed by atoms with van der Waals surface area (Å²) in [5.41, 5.74) is 5.24. The van der Waals surface area contributed by atoms with Crippen molar-refractivity contribution in [1.82, 2.24) is 4.90 Å². The van der Waals surface area contributed by atoms with Crippen LogP contribution < -0.4 is 5.73 Å². The monoisotopic (exact) mass is 284 g/mol. The molecule has 2 N–H and O–H groups in total. The van der Waals surface area contributed by atoms with Gasteiger partial charge in [0.25, 0.3) is 0 Å². The van der Waals surface area contributed by atoms with E-state index < -0.39 is 0 Å². The van der Waals surface area contributed by atoms with Crippen molar-refractivity contribution in [2.75, 3.05) is 19.6 Å². The molecule has 1 saturated heterocycles. The quantitative estimate of drug-likeness (QED) is 0.843. The predicted octanol–water partition coefficient (Wildman–Crippen LogP) is 2.41. The topological polar surface area (TPSA) is 55.6 Å². The molecule has 1 aliphatic rings. The van der Waals surface area contributed by atoms with E-state index in [2.05, 4.69) is 13.8 Å². The summed E-state index contributed by atoms with van der Waals surface area (Å²) >= 11 is 0. The SMILES string of the molecule is CC(C)CC(CN)CC(=O)N1CC(C)(C)OC(C)(C)C1. The number of rotatable bonds is 5. The van der Waals surface area contributed by atoms with E-state index in [4.69, 9.17) is 10.5 Å². The Morgan fingerprint density at radius 2 is 1.70 bits per heavy atom. The molecule has 1 amide bonds. The molecule has 118 valence electrons. The van der Waals surface area contributed by atoms with Gasteiger partial charge < -0.3 is 15.4 Å². The van der Waals surface area contributed by atoms with E-state index in [-0.39, 0.29) is 23.0 Å². The summed E-state index contributed by atoms with van der Waals surface area (Å²) in [7, 11) is 0. The molecule has 4 nitrogen and oxygen atoms in total. The van der Waals surface area contributed by atoms with Gasteiger partial charge in [-0.3, -0.25) is 4.79 Å². The van der Waals surface area contributed by atoms with Gasteiger partial charge in [-0.25, -0.2) is 0 Å². The average molecular weight is 284 g/mol. The van der Waals surface area contributed by atoms with Gasteiger partial charge in [0.05, 0.1) is 11.2 Å². The van der Waals surface area contributed by atoms with Crippen LogP contribution in [0.4, 0.5) is 0 Å². The number of hydrogen-bond donors (Lipinski definition) is 1. The van der Waals surface area contributed by atoms with E-state index >= 15 is 0 Å². The van der Waals surface area contributed by atoms with Gasteiger partial charge in [0.1, 0.15) is 0 Å². The van der Waals surface area contributed by atoms with Crippen molar-refractivity contribution in [2.45, 2.75) is 65.6 Å². The van der Waals surface area contributed by atoms with Gasteiger partial charge >= 0.3 is 0 Å². The van der Waals surface area contributed by atoms with Crippen LogP contribution in [0.1, 0.15) is 54.4 Å². The summed E-state index contributed by atoms with van der Waals surface area (Å²) in [5, 5.41) is 0. The Labute approximate surface area is 124 Å².